The third kappa shape index (κ3) is 3.83. The number of non-ortho nitro benzene ring substituents is 1. The van der Waals surface area contributed by atoms with Crippen molar-refractivity contribution in [2.24, 2.45) is 0 Å². The van der Waals surface area contributed by atoms with Gasteiger partial charge < -0.3 is 4.74 Å². The first kappa shape index (κ1) is 18.3. The summed E-state index contributed by atoms with van der Waals surface area (Å²) in [6.45, 7) is 0. The number of hydrogen-bond donors (Lipinski definition) is 0. The maximum Gasteiger partial charge on any atom is 0.272 e. The minimum atomic E-state index is -0.610. The van der Waals surface area contributed by atoms with E-state index in [1.54, 1.807) is 24.3 Å². The first-order valence-electron chi connectivity index (χ1n) is 7.15. The van der Waals surface area contributed by atoms with Crippen molar-refractivity contribution in [3.8, 4) is 17.2 Å². The molecule has 0 atom stereocenters. The van der Waals surface area contributed by atoms with Gasteiger partial charge in [0.05, 0.1) is 26.9 Å². The molecule has 0 radical (unpaired) electrons. The number of ether oxygens (including phenoxy) is 1. The summed E-state index contributed by atoms with van der Waals surface area (Å²) in [7, 11) is 0. The summed E-state index contributed by atoms with van der Waals surface area (Å²) in [5, 5.41) is 11.3. The number of benzene rings is 2. The summed E-state index contributed by atoms with van der Waals surface area (Å²) in [4.78, 5) is 22.4. The molecule has 0 aliphatic carbocycles. The average molecular weight is 412 g/mol. The summed E-state index contributed by atoms with van der Waals surface area (Å²) in [5.74, 6) is 0.317. The molecule has 0 saturated heterocycles. The van der Waals surface area contributed by atoms with E-state index in [9.17, 15) is 14.9 Å². The number of nitrogens with zero attached hydrogens (tertiary/aromatic N) is 2. The Bertz CT molecular complexity index is 1040. The molecule has 0 saturated carbocycles. The second-order valence-electron chi connectivity index (χ2n) is 5.15. The summed E-state index contributed by atoms with van der Waals surface area (Å²) >= 11 is 18.0. The Kier molecular flexibility index (Phi) is 5.18. The van der Waals surface area contributed by atoms with Crippen molar-refractivity contribution >= 4 is 40.5 Å². The standard InChI is InChI=1S/C17H9Cl3N2O4/c18-10-2-1-3-11(6-10)21-9-13(4-5-16(21)23)26-17-14(19)7-12(22(24)25)8-15(17)20/h1-9H. The van der Waals surface area contributed by atoms with Gasteiger partial charge in [0.2, 0.25) is 0 Å². The largest absolute Gasteiger partial charge is 0.453 e. The molecule has 0 amide bonds. The topological polar surface area (TPSA) is 74.4 Å². The van der Waals surface area contributed by atoms with Crippen molar-refractivity contribution in [1.82, 2.24) is 4.57 Å². The van der Waals surface area contributed by atoms with Crippen LogP contribution in [0.4, 0.5) is 5.69 Å². The monoisotopic (exact) mass is 410 g/mol. The zero-order valence-corrected chi connectivity index (χ0v) is 15.1. The lowest BCUT2D eigenvalue weighted by atomic mass is 10.3. The average Bonchev–Trinajstić information content (AvgIpc) is 2.59. The molecule has 26 heavy (non-hydrogen) atoms. The minimum Gasteiger partial charge on any atom is -0.453 e. The van der Waals surface area contributed by atoms with Gasteiger partial charge in [-0.3, -0.25) is 19.5 Å². The SMILES string of the molecule is O=c1ccc(Oc2c(Cl)cc([N+](=O)[O-])cc2Cl)cn1-c1cccc(Cl)c1. The molecule has 0 bridgehead atoms. The van der Waals surface area contributed by atoms with E-state index in [1.165, 1.54) is 22.9 Å². The van der Waals surface area contributed by atoms with E-state index in [0.29, 0.717) is 10.7 Å². The number of nitro groups is 1. The van der Waals surface area contributed by atoms with Gasteiger partial charge in [-0.05, 0) is 24.3 Å². The maximum absolute atomic E-state index is 12.1. The number of halogens is 3. The zero-order chi connectivity index (χ0) is 18.8. The third-order valence-electron chi connectivity index (χ3n) is 3.38. The van der Waals surface area contributed by atoms with Crippen LogP contribution in [-0.4, -0.2) is 9.49 Å². The van der Waals surface area contributed by atoms with Gasteiger partial charge in [0, 0.05) is 23.2 Å². The van der Waals surface area contributed by atoms with E-state index in [-0.39, 0.29) is 32.8 Å². The lowest BCUT2D eigenvalue weighted by Gasteiger charge is -2.12. The molecule has 0 N–H and O–H groups in total. The van der Waals surface area contributed by atoms with E-state index in [4.69, 9.17) is 39.5 Å². The van der Waals surface area contributed by atoms with Crippen molar-refractivity contribution in [3.63, 3.8) is 0 Å². The van der Waals surface area contributed by atoms with Crippen molar-refractivity contribution in [1.29, 1.82) is 0 Å². The Morgan fingerprint density at radius 3 is 2.31 bits per heavy atom. The van der Waals surface area contributed by atoms with Crippen LogP contribution in [0.3, 0.4) is 0 Å². The number of aromatic nitrogens is 1. The quantitative estimate of drug-likeness (QED) is 0.420. The van der Waals surface area contributed by atoms with Gasteiger partial charge in [0.25, 0.3) is 11.2 Å². The van der Waals surface area contributed by atoms with Gasteiger partial charge in [-0.2, -0.15) is 0 Å². The first-order chi connectivity index (χ1) is 12.3. The molecular weight excluding hydrogens is 403 g/mol. The smallest absolute Gasteiger partial charge is 0.272 e. The molecule has 0 aliphatic heterocycles. The normalized spacial score (nSPS) is 10.6. The van der Waals surface area contributed by atoms with Gasteiger partial charge in [0.15, 0.2) is 5.75 Å². The van der Waals surface area contributed by atoms with Crippen molar-refractivity contribution in [2.75, 3.05) is 0 Å². The highest BCUT2D eigenvalue weighted by Crippen LogP contribution is 2.39. The van der Waals surface area contributed by atoms with E-state index >= 15 is 0 Å². The summed E-state index contributed by atoms with van der Waals surface area (Å²) < 4.78 is 6.98. The van der Waals surface area contributed by atoms with E-state index in [2.05, 4.69) is 0 Å². The molecular formula is C17H9Cl3N2O4. The fourth-order valence-electron chi connectivity index (χ4n) is 2.22. The molecule has 2 aromatic carbocycles. The van der Waals surface area contributed by atoms with Crippen molar-refractivity contribution < 1.29 is 9.66 Å². The van der Waals surface area contributed by atoms with Crippen LogP contribution < -0.4 is 10.3 Å². The van der Waals surface area contributed by atoms with Gasteiger partial charge in [-0.15, -0.1) is 0 Å². The molecule has 132 valence electrons. The molecule has 3 aromatic rings. The summed E-state index contributed by atoms with van der Waals surface area (Å²) in [6.07, 6.45) is 1.45. The molecule has 0 unspecified atom stereocenters. The number of rotatable bonds is 4. The van der Waals surface area contributed by atoms with Gasteiger partial charge in [-0.1, -0.05) is 40.9 Å². The molecule has 1 aromatic heterocycles. The molecule has 0 spiro atoms. The maximum atomic E-state index is 12.1. The Morgan fingerprint density at radius 1 is 1.00 bits per heavy atom. The van der Waals surface area contributed by atoms with Crippen molar-refractivity contribution in [2.45, 2.75) is 0 Å². The highest BCUT2D eigenvalue weighted by atomic mass is 35.5. The van der Waals surface area contributed by atoms with Crippen LogP contribution in [-0.2, 0) is 0 Å². The van der Waals surface area contributed by atoms with Crippen LogP contribution in [0, 0.1) is 10.1 Å². The molecule has 1 heterocycles. The van der Waals surface area contributed by atoms with E-state index in [1.807, 2.05) is 0 Å². The zero-order valence-electron chi connectivity index (χ0n) is 12.9. The Hall–Kier alpha value is -2.54. The lowest BCUT2D eigenvalue weighted by Crippen LogP contribution is -2.16. The minimum absolute atomic E-state index is 0.0234. The van der Waals surface area contributed by atoms with Gasteiger partial charge in [0.1, 0.15) is 5.75 Å². The predicted octanol–water partition coefficient (Wildman–Crippen LogP) is 5.50. The van der Waals surface area contributed by atoms with Gasteiger partial charge >= 0.3 is 0 Å². The fraction of sp³-hybridized carbons (Fsp3) is 0. The number of nitro benzene ring substituents is 1. The number of pyridine rings is 1. The van der Waals surface area contributed by atoms with Crippen molar-refractivity contribution in [3.05, 3.63) is 90.3 Å². The molecule has 0 fully saturated rings. The molecule has 6 nitrogen and oxygen atoms in total. The van der Waals surface area contributed by atoms with Crippen LogP contribution in [0.2, 0.25) is 15.1 Å². The van der Waals surface area contributed by atoms with Crippen LogP contribution in [0.15, 0.2) is 59.5 Å². The van der Waals surface area contributed by atoms with Crippen LogP contribution in [0.5, 0.6) is 11.5 Å². The van der Waals surface area contributed by atoms with Crippen LogP contribution in [0.25, 0.3) is 5.69 Å². The fourth-order valence-corrected chi connectivity index (χ4v) is 2.96. The second-order valence-corrected chi connectivity index (χ2v) is 6.40. The van der Waals surface area contributed by atoms with Crippen LogP contribution >= 0.6 is 34.8 Å². The van der Waals surface area contributed by atoms with E-state index < -0.39 is 4.92 Å². The third-order valence-corrected chi connectivity index (χ3v) is 4.18. The van der Waals surface area contributed by atoms with E-state index in [0.717, 1.165) is 12.1 Å². The molecule has 3 rings (SSSR count). The van der Waals surface area contributed by atoms with Crippen LogP contribution in [0.1, 0.15) is 0 Å². The molecule has 0 aliphatic rings. The predicted molar refractivity (Wildman–Crippen MR) is 100 cm³/mol. The summed E-state index contributed by atoms with van der Waals surface area (Å²) in [5.41, 5.74) is 0.00519. The Morgan fingerprint density at radius 2 is 1.69 bits per heavy atom. The summed E-state index contributed by atoms with van der Waals surface area (Å²) in [6, 6.07) is 11.8. The molecule has 9 heteroatoms. The Labute approximate surface area is 162 Å². The first-order valence-corrected chi connectivity index (χ1v) is 8.28. The second kappa shape index (κ2) is 7.37. The highest BCUT2D eigenvalue weighted by molar-refractivity contribution is 6.37. The number of hydrogen-bond acceptors (Lipinski definition) is 4. The lowest BCUT2D eigenvalue weighted by molar-refractivity contribution is -0.384. The Balaban J connectivity index is 2.01. The van der Waals surface area contributed by atoms with Gasteiger partial charge in [-0.25, -0.2) is 0 Å². The highest BCUT2D eigenvalue weighted by Gasteiger charge is 2.17.